The first-order valence-electron chi connectivity index (χ1n) is 5.77. The van der Waals surface area contributed by atoms with E-state index < -0.39 is 0 Å². The second-order valence-corrected chi connectivity index (χ2v) is 4.39. The number of carbonyl (C=O) groups is 1. The van der Waals surface area contributed by atoms with Gasteiger partial charge >= 0.3 is 0 Å². The van der Waals surface area contributed by atoms with E-state index in [4.69, 9.17) is 0 Å². The maximum absolute atomic E-state index is 12.0. The normalized spacial score (nSPS) is 17.1. The molecule has 2 heterocycles. The molecule has 0 atom stereocenters. The first kappa shape index (κ1) is 11.9. The minimum atomic E-state index is -0.0340. The molecule has 0 radical (unpaired) electrons. The fourth-order valence-corrected chi connectivity index (χ4v) is 1.86. The predicted octanol–water partition coefficient (Wildman–Crippen LogP) is -0.378. The Morgan fingerprint density at radius 2 is 1.76 bits per heavy atom. The summed E-state index contributed by atoms with van der Waals surface area (Å²) in [5, 5.41) is 0. The molecule has 1 aliphatic rings. The summed E-state index contributed by atoms with van der Waals surface area (Å²) >= 11 is 0. The standard InChI is InChI=1S/C12H17N3O2/c1-13-6-8-15(9-7-13)12(17)10-14-4-2-11(16)3-5-14/h2-5H,6-10H2,1H3. The summed E-state index contributed by atoms with van der Waals surface area (Å²) in [6.45, 7) is 3.74. The Kier molecular flexibility index (Phi) is 3.58. The Morgan fingerprint density at radius 1 is 1.18 bits per heavy atom. The van der Waals surface area contributed by atoms with Crippen molar-refractivity contribution in [3.63, 3.8) is 0 Å². The number of pyridine rings is 1. The van der Waals surface area contributed by atoms with Crippen LogP contribution in [0.2, 0.25) is 0 Å². The average Bonchev–Trinajstić information content (AvgIpc) is 2.33. The van der Waals surface area contributed by atoms with Crippen LogP contribution >= 0.6 is 0 Å². The van der Waals surface area contributed by atoms with Crippen molar-refractivity contribution < 1.29 is 4.79 Å². The van der Waals surface area contributed by atoms with E-state index in [1.165, 1.54) is 12.1 Å². The van der Waals surface area contributed by atoms with Gasteiger partial charge in [-0.3, -0.25) is 9.59 Å². The quantitative estimate of drug-likeness (QED) is 0.702. The van der Waals surface area contributed by atoms with Gasteiger partial charge in [-0.2, -0.15) is 0 Å². The third-order valence-corrected chi connectivity index (χ3v) is 3.03. The van der Waals surface area contributed by atoms with Crippen molar-refractivity contribution >= 4 is 5.91 Å². The SMILES string of the molecule is CN1CCN(C(=O)Cn2ccc(=O)cc2)CC1. The summed E-state index contributed by atoms with van der Waals surface area (Å²) in [4.78, 5) is 27.0. The molecule has 0 bridgehead atoms. The van der Waals surface area contributed by atoms with Gasteiger partial charge in [-0.25, -0.2) is 0 Å². The van der Waals surface area contributed by atoms with Gasteiger partial charge in [0.15, 0.2) is 5.43 Å². The molecule has 0 N–H and O–H groups in total. The third kappa shape index (κ3) is 3.17. The lowest BCUT2D eigenvalue weighted by molar-refractivity contribution is -0.133. The molecule has 0 aromatic carbocycles. The second kappa shape index (κ2) is 5.14. The Labute approximate surface area is 100 Å². The van der Waals surface area contributed by atoms with E-state index in [1.54, 1.807) is 17.0 Å². The lowest BCUT2D eigenvalue weighted by Gasteiger charge is -2.32. The van der Waals surface area contributed by atoms with E-state index in [0.717, 1.165) is 26.2 Å². The number of piperazine rings is 1. The van der Waals surface area contributed by atoms with Crippen LogP contribution in [0.5, 0.6) is 0 Å². The molecule has 1 amide bonds. The van der Waals surface area contributed by atoms with Gasteiger partial charge in [0.1, 0.15) is 6.54 Å². The topological polar surface area (TPSA) is 45.5 Å². The minimum absolute atomic E-state index is 0.0340. The fraction of sp³-hybridized carbons (Fsp3) is 0.500. The Bertz CT molecular complexity index is 427. The summed E-state index contributed by atoms with van der Waals surface area (Å²) in [5.74, 6) is 0.113. The van der Waals surface area contributed by atoms with E-state index in [9.17, 15) is 9.59 Å². The van der Waals surface area contributed by atoms with Gasteiger partial charge in [0.2, 0.25) is 5.91 Å². The van der Waals surface area contributed by atoms with Gasteiger partial charge in [-0.15, -0.1) is 0 Å². The third-order valence-electron chi connectivity index (χ3n) is 3.03. The van der Waals surface area contributed by atoms with Crippen molar-refractivity contribution in [1.29, 1.82) is 0 Å². The average molecular weight is 235 g/mol. The van der Waals surface area contributed by atoms with Crippen LogP contribution in [0.1, 0.15) is 0 Å². The van der Waals surface area contributed by atoms with E-state index in [0.29, 0.717) is 6.54 Å². The molecule has 1 aromatic rings. The predicted molar refractivity (Wildman–Crippen MR) is 64.8 cm³/mol. The van der Waals surface area contributed by atoms with Gasteiger partial charge in [0, 0.05) is 50.7 Å². The van der Waals surface area contributed by atoms with Crippen molar-refractivity contribution in [2.45, 2.75) is 6.54 Å². The van der Waals surface area contributed by atoms with E-state index in [-0.39, 0.29) is 11.3 Å². The monoisotopic (exact) mass is 235 g/mol. The zero-order chi connectivity index (χ0) is 12.3. The Morgan fingerprint density at radius 3 is 2.35 bits per heavy atom. The zero-order valence-electron chi connectivity index (χ0n) is 10.0. The molecular formula is C12H17N3O2. The van der Waals surface area contributed by atoms with E-state index in [1.807, 2.05) is 4.90 Å². The number of hydrogen-bond donors (Lipinski definition) is 0. The maximum atomic E-state index is 12.0. The maximum Gasteiger partial charge on any atom is 0.242 e. The van der Waals surface area contributed by atoms with Gasteiger partial charge in [0.05, 0.1) is 0 Å². The molecule has 0 aliphatic carbocycles. The lowest BCUT2D eigenvalue weighted by atomic mass is 10.3. The first-order chi connectivity index (χ1) is 8.15. The van der Waals surface area contributed by atoms with Gasteiger partial charge in [-0.1, -0.05) is 0 Å². The van der Waals surface area contributed by atoms with Crippen molar-refractivity contribution in [2.24, 2.45) is 0 Å². The molecule has 0 spiro atoms. The highest BCUT2D eigenvalue weighted by Crippen LogP contribution is 2.01. The number of aromatic nitrogens is 1. The molecule has 1 saturated heterocycles. The molecule has 1 aliphatic heterocycles. The fourth-order valence-electron chi connectivity index (χ4n) is 1.86. The Hall–Kier alpha value is -1.62. The van der Waals surface area contributed by atoms with Crippen LogP contribution in [0.4, 0.5) is 0 Å². The second-order valence-electron chi connectivity index (χ2n) is 4.39. The summed E-state index contributed by atoms with van der Waals surface area (Å²) in [6.07, 6.45) is 3.30. The largest absolute Gasteiger partial charge is 0.345 e. The smallest absolute Gasteiger partial charge is 0.242 e. The van der Waals surface area contributed by atoms with Crippen LogP contribution in [0.15, 0.2) is 29.3 Å². The molecule has 1 aromatic heterocycles. The van der Waals surface area contributed by atoms with E-state index in [2.05, 4.69) is 11.9 Å². The molecule has 0 unspecified atom stereocenters. The van der Waals surface area contributed by atoms with Crippen molar-refractivity contribution in [1.82, 2.24) is 14.4 Å². The number of amides is 1. The number of hydrogen-bond acceptors (Lipinski definition) is 3. The molecule has 5 heteroatoms. The van der Waals surface area contributed by atoms with Crippen LogP contribution in [-0.2, 0) is 11.3 Å². The number of carbonyl (C=O) groups excluding carboxylic acids is 1. The highest BCUT2D eigenvalue weighted by atomic mass is 16.2. The molecular weight excluding hydrogens is 218 g/mol. The van der Waals surface area contributed by atoms with Crippen molar-refractivity contribution in [2.75, 3.05) is 33.2 Å². The highest BCUT2D eigenvalue weighted by Gasteiger charge is 2.18. The summed E-state index contributed by atoms with van der Waals surface area (Å²) in [7, 11) is 2.06. The summed E-state index contributed by atoms with van der Waals surface area (Å²) in [6, 6.07) is 2.94. The lowest BCUT2D eigenvalue weighted by Crippen LogP contribution is -2.48. The van der Waals surface area contributed by atoms with Crippen LogP contribution in [0.3, 0.4) is 0 Å². The molecule has 5 nitrogen and oxygen atoms in total. The summed E-state index contributed by atoms with van der Waals surface area (Å²) < 4.78 is 1.74. The van der Waals surface area contributed by atoms with Gasteiger partial charge in [-0.05, 0) is 7.05 Å². The van der Waals surface area contributed by atoms with Crippen molar-refractivity contribution in [3.8, 4) is 0 Å². The van der Waals surface area contributed by atoms with Crippen LogP contribution in [-0.4, -0.2) is 53.5 Å². The van der Waals surface area contributed by atoms with Crippen LogP contribution < -0.4 is 5.43 Å². The van der Waals surface area contributed by atoms with Crippen LogP contribution in [0.25, 0.3) is 0 Å². The van der Waals surface area contributed by atoms with Gasteiger partial charge < -0.3 is 14.4 Å². The first-order valence-corrected chi connectivity index (χ1v) is 5.77. The molecule has 0 saturated carbocycles. The highest BCUT2D eigenvalue weighted by molar-refractivity contribution is 5.76. The number of rotatable bonds is 2. The van der Waals surface area contributed by atoms with Gasteiger partial charge in [0.25, 0.3) is 0 Å². The number of nitrogens with zero attached hydrogens (tertiary/aromatic N) is 3. The molecule has 92 valence electrons. The molecule has 17 heavy (non-hydrogen) atoms. The summed E-state index contributed by atoms with van der Waals surface area (Å²) in [5.41, 5.74) is -0.0340. The number of likely N-dealkylation sites (N-methyl/N-ethyl adjacent to an activating group) is 1. The van der Waals surface area contributed by atoms with Crippen LogP contribution in [0, 0.1) is 0 Å². The zero-order valence-corrected chi connectivity index (χ0v) is 10.0. The molecule has 1 fully saturated rings. The Balaban J connectivity index is 1.93. The van der Waals surface area contributed by atoms with E-state index >= 15 is 0 Å². The minimum Gasteiger partial charge on any atom is -0.345 e. The molecule has 2 rings (SSSR count). The van der Waals surface area contributed by atoms with Crippen molar-refractivity contribution in [3.05, 3.63) is 34.7 Å².